The van der Waals surface area contributed by atoms with Gasteiger partial charge in [-0.15, -0.1) is 0 Å². The third-order valence-electron chi connectivity index (χ3n) is 2.27. The molecule has 0 radical (unpaired) electrons. The minimum atomic E-state index is -3.65. The molecule has 1 aromatic rings. The Balaban J connectivity index is 2.99. The zero-order valence-corrected chi connectivity index (χ0v) is 13.2. The molecule has 0 saturated heterocycles. The molecule has 0 spiro atoms. The minimum absolute atomic E-state index is 0.110. The fourth-order valence-electron chi connectivity index (χ4n) is 1.46. The number of hydrogen-bond acceptors (Lipinski definition) is 4. The monoisotopic (exact) mass is 344 g/mol. The summed E-state index contributed by atoms with van der Waals surface area (Å²) in [5, 5.41) is -0.216. The molecule has 1 N–H and O–H groups in total. The van der Waals surface area contributed by atoms with Crippen LogP contribution in [0, 0.1) is 5.82 Å². The smallest absolute Gasteiger partial charge is 0.232 e. The Morgan fingerprint density at radius 1 is 1.25 bits per heavy atom. The Morgan fingerprint density at radius 3 is 2.30 bits per heavy atom. The van der Waals surface area contributed by atoms with E-state index in [0.717, 1.165) is 22.9 Å². The molecule has 1 aromatic carbocycles. The van der Waals surface area contributed by atoms with Crippen molar-refractivity contribution in [3.63, 3.8) is 0 Å². The Labute approximate surface area is 122 Å². The number of nitrogens with zero attached hydrogens (tertiary/aromatic N) is 1. The molecule has 0 unspecified atom stereocenters. The van der Waals surface area contributed by atoms with Crippen molar-refractivity contribution >= 4 is 37.3 Å². The van der Waals surface area contributed by atoms with E-state index in [9.17, 15) is 21.2 Å². The van der Waals surface area contributed by atoms with Crippen LogP contribution in [0.5, 0.6) is 0 Å². The number of rotatable bonds is 6. The minimum Gasteiger partial charge on any atom is -0.269 e. The number of nitrogens with one attached hydrogen (secondary N) is 1. The summed E-state index contributed by atoms with van der Waals surface area (Å²) in [6, 6.07) is 3.46. The standard InChI is InChI=1S/C10H14ClFN2O4S2/c1-19(15,16)13-5-6-14(20(2,17)18)8-3-4-10(12)9(11)7-8/h3-4,7,13H,5-6H2,1-2H3. The molecular formula is C10H14ClFN2O4S2. The summed E-state index contributed by atoms with van der Waals surface area (Å²) in [5.74, 6) is -0.668. The number of anilines is 1. The van der Waals surface area contributed by atoms with Crippen LogP contribution in [0.1, 0.15) is 0 Å². The first-order valence-electron chi connectivity index (χ1n) is 5.38. The van der Waals surface area contributed by atoms with Gasteiger partial charge >= 0.3 is 0 Å². The van der Waals surface area contributed by atoms with Crippen LogP contribution in [-0.4, -0.2) is 42.4 Å². The third-order valence-corrected chi connectivity index (χ3v) is 4.48. The van der Waals surface area contributed by atoms with E-state index in [1.165, 1.54) is 12.1 Å². The summed E-state index contributed by atoms with van der Waals surface area (Å²) < 4.78 is 61.5. The molecular weight excluding hydrogens is 331 g/mol. The molecule has 0 aliphatic carbocycles. The molecule has 0 saturated carbocycles. The lowest BCUT2D eigenvalue weighted by Crippen LogP contribution is -2.37. The first kappa shape index (κ1) is 17.2. The van der Waals surface area contributed by atoms with E-state index in [0.29, 0.717) is 0 Å². The molecule has 20 heavy (non-hydrogen) atoms. The van der Waals surface area contributed by atoms with Gasteiger partial charge in [0.25, 0.3) is 0 Å². The first-order valence-corrected chi connectivity index (χ1v) is 9.50. The van der Waals surface area contributed by atoms with Gasteiger partial charge in [-0.3, -0.25) is 4.31 Å². The van der Waals surface area contributed by atoms with E-state index < -0.39 is 25.9 Å². The summed E-state index contributed by atoms with van der Waals surface area (Å²) in [7, 11) is -7.07. The molecule has 1 rings (SSSR count). The maximum atomic E-state index is 13.1. The van der Waals surface area contributed by atoms with Gasteiger partial charge in [-0.1, -0.05) is 11.6 Å². The Bertz CT molecular complexity index is 691. The summed E-state index contributed by atoms with van der Waals surface area (Å²) in [6.07, 6.45) is 1.93. The number of halogens is 2. The van der Waals surface area contributed by atoms with Gasteiger partial charge < -0.3 is 0 Å². The van der Waals surface area contributed by atoms with Crippen LogP contribution in [0.15, 0.2) is 18.2 Å². The maximum absolute atomic E-state index is 13.1. The zero-order chi connectivity index (χ0) is 15.6. The normalized spacial score (nSPS) is 12.4. The van der Waals surface area contributed by atoms with Crippen LogP contribution in [0.2, 0.25) is 5.02 Å². The molecule has 0 aliphatic heterocycles. The number of sulfonamides is 2. The van der Waals surface area contributed by atoms with E-state index in [2.05, 4.69) is 4.72 Å². The molecule has 0 aliphatic rings. The van der Waals surface area contributed by atoms with Crippen molar-refractivity contribution in [1.82, 2.24) is 4.72 Å². The highest BCUT2D eigenvalue weighted by atomic mass is 35.5. The Morgan fingerprint density at radius 2 is 1.85 bits per heavy atom. The summed E-state index contributed by atoms with van der Waals surface area (Å²) in [4.78, 5) is 0. The van der Waals surface area contributed by atoms with Crippen molar-refractivity contribution in [2.75, 3.05) is 29.9 Å². The highest BCUT2D eigenvalue weighted by molar-refractivity contribution is 7.92. The lowest BCUT2D eigenvalue weighted by molar-refractivity contribution is 0.583. The second-order valence-electron chi connectivity index (χ2n) is 4.10. The Hall–Kier alpha value is -0.900. The predicted molar refractivity (Wildman–Crippen MR) is 76.4 cm³/mol. The zero-order valence-electron chi connectivity index (χ0n) is 10.8. The van der Waals surface area contributed by atoms with Gasteiger partial charge in [-0.25, -0.2) is 25.9 Å². The average Bonchev–Trinajstić information content (AvgIpc) is 2.25. The molecule has 114 valence electrons. The van der Waals surface area contributed by atoms with E-state index in [1.807, 2.05) is 0 Å². The largest absolute Gasteiger partial charge is 0.269 e. The highest BCUT2D eigenvalue weighted by Crippen LogP contribution is 2.24. The van der Waals surface area contributed by atoms with Gasteiger partial charge in [0, 0.05) is 13.1 Å². The number of hydrogen-bond donors (Lipinski definition) is 1. The van der Waals surface area contributed by atoms with Crippen molar-refractivity contribution in [3.05, 3.63) is 29.0 Å². The molecule has 0 bridgehead atoms. The van der Waals surface area contributed by atoms with Gasteiger partial charge in [0.05, 0.1) is 23.2 Å². The van der Waals surface area contributed by atoms with Crippen molar-refractivity contribution in [2.24, 2.45) is 0 Å². The topological polar surface area (TPSA) is 83.6 Å². The second-order valence-corrected chi connectivity index (χ2v) is 8.25. The molecule has 0 heterocycles. The molecule has 0 aromatic heterocycles. The van der Waals surface area contributed by atoms with Crippen LogP contribution < -0.4 is 9.03 Å². The van der Waals surface area contributed by atoms with Crippen LogP contribution in [0.3, 0.4) is 0 Å². The predicted octanol–water partition coefficient (Wildman–Crippen LogP) is 0.794. The quantitative estimate of drug-likeness (QED) is 0.827. The van der Waals surface area contributed by atoms with Crippen LogP contribution in [0.4, 0.5) is 10.1 Å². The van der Waals surface area contributed by atoms with Gasteiger partial charge in [-0.05, 0) is 18.2 Å². The number of benzene rings is 1. The lowest BCUT2D eigenvalue weighted by Gasteiger charge is -2.22. The maximum Gasteiger partial charge on any atom is 0.232 e. The van der Waals surface area contributed by atoms with Crippen molar-refractivity contribution in [3.8, 4) is 0 Å². The van der Waals surface area contributed by atoms with Crippen molar-refractivity contribution in [2.45, 2.75) is 0 Å². The fraction of sp³-hybridized carbons (Fsp3) is 0.400. The fourth-order valence-corrected chi connectivity index (χ4v) is 3.02. The third kappa shape index (κ3) is 5.23. The van der Waals surface area contributed by atoms with Crippen molar-refractivity contribution in [1.29, 1.82) is 0 Å². The van der Waals surface area contributed by atoms with Crippen LogP contribution in [-0.2, 0) is 20.0 Å². The van der Waals surface area contributed by atoms with Crippen LogP contribution in [0.25, 0.3) is 0 Å². The van der Waals surface area contributed by atoms with E-state index in [-0.39, 0.29) is 23.8 Å². The SMILES string of the molecule is CS(=O)(=O)NCCN(c1ccc(F)c(Cl)c1)S(C)(=O)=O. The van der Waals surface area contributed by atoms with E-state index in [1.54, 1.807) is 0 Å². The average molecular weight is 345 g/mol. The molecule has 10 heteroatoms. The summed E-state index contributed by atoms with van der Waals surface area (Å²) in [5.41, 5.74) is 0.161. The van der Waals surface area contributed by atoms with Gasteiger partial charge in [-0.2, -0.15) is 0 Å². The molecule has 6 nitrogen and oxygen atoms in total. The lowest BCUT2D eigenvalue weighted by atomic mass is 10.3. The van der Waals surface area contributed by atoms with E-state index in [4.69, 9.17) is 11.6 Å². The molecule has 0 atom stereocenters. The summed E-state index contributed by atoms with van der Waals surface area (Å²) in [6.45, 7) is -0.241. The first-order chi connectivity index (χ1) is 9.00. The van der Waals surface area contributed by atoms with Crippen molar-refractivity contribution < 1.29 is 21.2 Å². The molecule has 0 fully saturated rings. The van der Waals surface area contributed by atoms with E-state index >= 15 is 0 Å². The second kappa shape index (κ2) is 6.25. The van der Waals surface area contributed by atoms with Gasteiger partial charge in [0.15, 0.2) is 0 Å². The summed E-state index contributed by atoms with van der Waals surface area (Å²) >= 11 is 5.61. The molecule has 0 amide bonds. The van der Waals surface area contributed by atoms with Gasteiger partial charge in [0.1, 0.15) is 5.82 Å². The highest BCUT2D eigenvalue weighted by Gasteiger charge is 2.18. The van der Waals surface area contributed by atoms with Crippen LogP contribution >= 0.6 is 11.6 Å². The Kier molecular flexibility index (Phi) is 5.36. The van der Waals surface area contributed by atoms with Gasteiger partial charge in [0.2, 0.25) is 20.0 Å².